The van der Waals surface area contributed by atoms with Crippen LogP contribution in [0.4, 0.5) is 5.82 Å². The molecule has 5 heteroatoms. The van der Waals surface area contributed by atoms with E-state index in [2.05, 4.69) is 29.7 Å². The van der Waals surface area contributed by atoms with Gasteiger partial charge in [0.15, 0.2) is 0 Å². The first kappa shape index (κ1) is 17.2. The Balaban J connectivity index is 1.65. The topological polar surface area (TPSA) is 49.3 Å². The molecule has 136 valence electrons. The molecule has 1 fully saturated rings. The molecule has 27 heavy (non-hydrogen) atoms. The molecule has 0 unspecified atom stereocenters. The summed E-state index contributed by atoms with van der Waals surface area (Å²) >= 11 is 0. The maximum absolute atomic E-state index is 11.8. The zero-order valence-electron chi connectivity index (χ0n) is 15.2. The molecular weight excluding hydrogens is 336 g/mol. The smallest absolute Gasteiger partial charge is 0.246 e. The molecule has 0 bridgehead atoms. The highest BCUT2D eigenvalue weighted by molar-refractivity contribution is 5.90. The molecule has 0 saturated carbocycles. The first-order chi connectivity index (χ1) is 13.2. The van der Waals surface area contributed by atoms with Gasteiger partial charge in [0.2, 0.25) is 5.91 Å². The number of hydrogen-bond acceptors (Lipinski definition) is 4. The largest absolute Gasteiger partial charge is 0.352 e. The Morgan fingerprint density at radius 1 is 0.963 bits per heavy atom. The van der Waals surface area contributed by atoms with Gasteiger partial charge in [-0.2, -0.15) is 0 Å². The van der Waals surface area contributed by atoms with Crippen molar-refractivity contribution in [3.63, 3.8) is 0 Å². The highest BCUT2D eigenvalue weighted by Gasteiger charge is 2.22. The molecule has 3 aromatic rings. The number of hydrogen-bond donors (Lipinski definition) is 0. The summed E-state index contributed by atoms with van der Waals surface area (Å²) < 4.78 is 0. The van der Waals surface area contributed by atoms with E-state index in [0.29, 0.717) is 19.5 Å². The fourth-order valence-corrected chi connectivity index (χ4v) is 3.47. The highest BCUT2D eigenvalue weighted by Crippen LogP contribution is 2.25. The molecule has 1 saturated heterocycles. The normalized spacial score (nSPS) is 14.4. The molecule has 1 aliphatic heterocycles. The maximum atomic E-state index is 11.8. The Morgan fingerprint density at radius 3 is 2.41 bits per heavy atom. The van der Waals surface area contributed by atoms with Gasteiger partial charge in [0, 0.05) is 38.0 Å². The number of carbonyl (C=O) groups excluding carboxylic acids is 1. The molecule has 2 heterocycles. The molecule has 0 radical (unpaired) electrons. The Bertz CT molecular complexity index is 962. The minimum absolute atomic E-state index is 0.00744. The number of benzene rings is 2. The van der Waals surface area contributed by atoms with Crippen molar-refractivity contribution in [2.45, 2.75) is 6.42 Å². The van der Waals surface area contributed by atoms with Crippen LogP contribution < -0.4 is 4.90 Å². The van der Waals surface area contributed by atoms with E-state index < -0.39 is 0 Å². The lowest BCUT2D eigenvalue weighted by atomic mass is 10.1. The number of carbonyl (C=O) groups is 1. The Hall–Kier alpha value is -3.21. The summed E-state index contributed by atoms with van der Waals surface area (Å²) in [7, 11) is 0. The van der Waals surface area contributed by atoms with Crippen LogP contribution in [0, 0.1) is 0 Å². The Kier molecular flexibility index (Phi) is 4.83. The average molecular weight is 358 g/mol. The maximum Gasteiger partial charge on any atom is 0.246 e. The van der Waals surface area contributed by atoms with Crippen LogP contribution in [0.25, 0.3) is 10.9 Å². The average Bonchev–Trinajstić information content (AvgIpc) is 2.73. The van der Waals surface area contributed by atoms with Gasteiger partial charge in [-0.3, -0.25) is 4.79 Å². The molecule has 1 amide bonds. The van der Waals surface area contributed by atoms with E-state index in [1.54, 1.807) is 0 Å². The summed E-state index contributed by atoms with van der Waals surface area (Å²) in [5, 5.41) is 1.05. The third-order valence-corrected chi connectivity index (χ3v) is 4.90. The minimum atomic E-state index is -0.00744. The number of nitrogens with zero attached hydrogens (tertiary/aromatic N) is 4. The molecule has 0 aliphatic carbocycles. The lowest BCUT2D eigenvalue weighted by molar-refractivity contribution is -0.126. The van der Waals surface area contributed by atoms with Crippen molar-refractivity contribution in [1.82, 2.24) is 14.9 Å². The second kappa shape index (κ2) is 7.58. The minimum Gasteiger partial charge on any atom is -0.352 e. The highest BCUT2D eigenvalue weighted by atomic mass is 16.2. The Labute approximate surface area is 159 Å². The first-order valence-corrected chi connectivity index (χ1v) is 9.20. The van der Waals surface area contributed by atoms with Gasteiger partial charge in [-0.1, -0.05) is 49.0 Å². The van der Waals surface area contributed by atoms with E-state index in [9.17, 15) is 4.79 Å². The van der Waals surface area contributed by atoms with Gasteiger partial charge in [0.1, 0.15) is 11.6 Å². The fourth-order valence-electron chi connectivity index (χ4n) is 3.47. The number of aromatic nitrogens is 2. The van der Waals surface area contributed by atoms with Crippen molar-refractivity contribution in [3.05, 3.63) is 78.6 Å². The van der Waals surface area contributed by atoms with Crippen LogP contribution in [0.15, 0.2) is 67.3 Å². The molecule has 2 aromatic carbocycles. The van der Waals surface area contributed by atoms with Gasteiger partial charge in [-0.05, 0) is 23.8 Å². The van der Waals surface area contributed by atoms with E-state index in [1.807, 2.05) is 41.3 Å². The van der Waals surface area contributed by atoms with Crippen molar-refractivity contribution in [3.8, 4) is 0 Å². The van der Waals surface area contributed by atoms with Crippen molar-refractivity contribution >= 4 is 22.6 Å². The molecule has 0 N–H and O–H groups in total. The van der Waals surface area contributed by atoms with Crippen LogP contribution in [0.1, 0.15) is 11.4 Å². The van der Waals surface area contributed by atoms with Crippen LogP contribution in [-0.4, -0.2) is 47.0 Å². The van der Waals surface area contributed by atoms with E-state index in [0.717, 1.165) is 35.6 Å². The summed E-state index contributed by atoms with van der Waals surface area (Å²) in [6.07, 6.45) is 2.08. The van der Waals surface area contributed by atoms with Gasteiger partial charge in [0.05, 0.1) is 5.52 Å². The molecule has 4 rings (SSSR count). The molecule has 5 nitrogen and oxygen atoms in total. The van der Waals surface area contributed by atoms with Crippen molar-refractivity contribution in [2.24, 2.45) is 0 Å². The van der Waals surface area contributed by atoms with E-state index in [4.69, 9.17) is 9.97 Å². The predicted octanol–water partition coefficient (Wildman–Crippen LogP) is 3.06. The van der Waals surface area contributed by atoms with Crippen LogP contribution >= 0.6 is 0 Å². The van der Waals surface area contributed by atoms with Gasteiger partial charge in [-0.15, -0.1) is 0 Å². The number of para-hydroxylation sites is 1. The lowest BCUT2D eigenvalue weighted by Gasteiger charge is -2.35. The number of rotatable bonds is 4. The van der Waals surface area contributed by atoms with E-state index in [-0.39, 0.29) is 5.91 Å². The predicted molar refractivity (Wildman–Crippen MR) is 108 cm³/mol. The number of anilines is 1. The van der Waals surface area contributed by atoms with Crippen LogP contribution in [0.5, 0.6) is 0 Å². The second-order valence-corrected chi connectivity index (χ2v) is 6.66. The zero-order chi connectivity index (χ0) is 18.6. The Morgan fingerprint density at radius 2 is 1.67 bits per heavy atom. The second-order valence-electron chi connectivity index (χ2n) is 6.66. The number of amides is 1. The molecule has 0 atom stereocenters. The molecule has 0 spiro atoms. The molecule has 1 aromatic heterocycles. The van der Waals surface area contributed by atoms with E-state index >= 15 is 0 Å². The van der Waals surface area contributed by atoms with Gasteiger partial charge in [-0.25, -0.2) is 9.97 Å². The SMILES string of the molecule is C=CC(=O)N1CCN(c2nc(Cc3ccccc3)nc3ccccc23)CC1. The van der Waals surface area contributed by atoms with E-state index in [1.165, 1.54) is 11.6 Å². The van der Waals surface area contributed by atoms with Crippen molar-refractivity contribution in [1.29, 1.82) is 0 Å². The van der Waals surface area contributed by atoms with Crippen molar-refractivity contribution < 1.29 is 4.79 Å². The standard InChI is InChI=1S/C22H22N4O/c1-2-21(27)25-12-14-26(15-13-25)22-18-10-6-7-11-19(18)23-20(24-22)16-17-8-4-3-5-9-17/h2-11H,1,12-16H2. The molecule has 1 aliphatic rings. The van der Waals surface area contributed by atoms with Crippen LogP contribution in [0.3, 0.4) is 0 Å². The van der Waals surface area contributed by atoms with Crippen LogP contribution in [0.2, 0.25) is 0 Å². The van der Waals surface area contributed by atoms with Gasteiger partial charge < -0.3 is 9.80 Å². The van der Waals surface area contributed by atoms with Gasteiger partial charge >= 0.3 is 0 Å². The zero-order valence-corrected chi connectivity index (χ0v) is 15.2. The summed E-state index contributed by atoms with van der Waals surface area (Å²) in [5.74, 6) is 1.77. The number of piperazine rings is 1. The summed E-state index contributed by atoms with van der Waals surface area (Å²) in [6, 6.07) is 18.4. The third-order valence-electron chi connectivity index (χ3n) is 4.90. The van der Waals surface area contributed by atoms with Crippen LogP contribution in [-0.2, 0) is 11.2 Å². The third kappa shape index (κ3) is 3.67. The summed E-state index contributed by atoms with van der Waals surface area (Å²) in [4.78, 5) is 25.6. The lowest BCUT2D eigenvalue weighted by Crippen LogP contribution is -2.48. The van der Waals surface area contributed by atoms with Gasteiger partial charge in [0.25, 0.3) is 0 Å². The quantitative estimate of drug-likeness (QED) is 0.673. The summed E-state index contributed by atoms with van der Waals surface area (Å²) in [6.45, 7) is 6.45. The fraction of sp³-hybridized carbons (Fsp3) is 0.227. The summed E-state index contributed by atoms with van der Waals surface area (Å²) in [5.41, 5.74) is 2.15. The van der Waals surface area contributed by atoms with Crippen molar-refractivity contribution in [2.75, 3.05) is 31.1 Å². The monoisotopic (exact) mass is 358 g/mol. The first-order valence-electron chi connectivity index (χ1n) is 9.20. The molecular formula is C22H22N4O. The number of fused-ring (bicyclic) bond motifs is 1.